The smallest absolute Gasteiger partial charge is 0.221 e. The van der Waals surface area contributed by atoms with Gasteiger partial charge in [-0.25, -0.2) is 0 Å². The van der Waals surface area contributed by atoms with Crippen molar-refractivity contribution in [1.29, 1.82) is 0 Å². The summed E-state index contributed by atoms with van der Waals surface area (Å²) < 4.78 is 6.03. The quantitative estimate of drug-likeness (QED) is 0.363. The monoisotopic (exact) mass is 471 g/mol. The van der Waals surface area contributed by atoms with Crippen molar-refractivity contribution in [3.8, 4) is 5.75 Å². The lowest BCUT2D eigenvalue weighted by Crippen LogP contribution is -2.40. The van der Waals surface area contributed by atoms with Crippen molar-refractivity contribution < 1.29 is 9.53 Å². The van der Waals surface area contributed by atoms with Crippen molar-refractivity contribution in [2.24, 2.45) is 5.73 Å². The highest BCUT2D eigenvalue weighted by molar-refractivity contribution is 5.76. The Labute approximate surface area is 209 Å². The third-order valence-corrected chi connectivity index (χ3v) is 6.65. The topological polar surface area (TPSA) is 67.6 Å². The fraction of sp³-hybridized carbons (Fsp3) is 0.367. The van der Waals surface area contributed by atoms with Crippen LogP contribution in [-0.2, 0) is 11.2 Å². The van der Waals surface area contributed by atoms with Gasteiger partial charge in [0.15, 0.2) is 0 Å². The first-order chi connectivity index (χ1) is 17.2. The molecule has 1 amide bonds. The van der Waals surface area contributed by atoms with Gasteiger partial charge < -0.3 is 20.7 Å². The van der Waals surface area contributed by atoms with Crippen LogP contribution in [0.5, 0.6) is 5.75 Å². The predicted molar refractivity (Wildman–Crippen MR) is 142 cm³/mol. The zero-order valence-corrected chi connectivity index (χ0v) is 20.4. The van der Waals surface area contributed by atoms with Crippen LogP contribution in [0.1, 0.15) is 41.9 Å². The van der Waals surface area contributed by atoms with Gasteiger partial charge >= 0.3 is 0 Å². The summed E-state index contributed by atoms with van der Waals surface area (Å²) in [5, 5.41) is 3.67. The molecule has 1 atom stereocenters. The number of carbonyl (C=O) groups excluding carboxylic acids is 1. The molecule has 3 N–H and O–H groups in total. The van der Waals surface area contributed by atoms with Crippen LogP contribution in [0.4, 0.5) is 0 Å². The van der Waals surface area contributed by atoms with Crippen molar-refractivity contribution in [1.82, 2.24) is 10.2 Å². The van der Waals surface area contributed by atoms with E-state index in [1.165, 1.54) is 24.0 Å². The molecule has 1 saturated heterocycles. The number of ether oxygens (including phenoxy) is 1. The zero-order valence-electron chi connectivity index (χ0n) is 20.4. The minimum Gasteiger partial charge on any atom is -0.494 e. The third kappa shape index (κ3) is 7.94. The van der Waals surface area contributed by atoms with E-state index in [1.54, 1.807) is 0 Å². The molecule has 0 saturated carbocycles. The Morgan fingerprint density at radius 2 is 1.71 bits per heavy atom. The summed E-state index contributed by atoms with van der Waals surface area (Å²) in [6.07, 6.45) is 3.66. The second-order valence-electron chi connectivity index (χ2n) is 9.42. The number of benzene rings is 3. The van der Waals surface area contributed by atoms with E-state index in [0.29, 0.717) is 18.6 Å². The van der Waals surface area contributed by atoms with Gasteiger partial charge in [0.2, 0.25) is 5.91 Å². The number of hydrogen-bond acceptors (Lipinski definition) is 4. The molecule has 35 heavy (non-hydrogen) atoms. The fourth-order valence-corrected chi connectivity index (χ4v) is 4.94. The van der Waals surface area contributed by atoms with Gasteiger partial charge in [-0.05, 0) is 54.6 Å². The number of amides is 1. The molecule has 184 valence electrons. The second kappa shape index (κ2) is 13.1. The Morgan fingerprint density at radius 1 is 1.00 bits per heavy atom. The molecule has 0 spiro atoms. The van der Waals surface area contributed by atoms with Gasteiger partial charge in [0.05, 0.1) is 13.0 Å². The lowest BCUT2D eigenvalue weighted by atomic mass is 9.90. The molecule has 5 heteroatoms. The van der Waals surface area contributed by atoms with E-state index >= 15 is 0 Å². The van der Waals surface area contributed by atoms with Gasteiger partial charge in [-0.3, -0.25) is 4.79 Å². The van der Waals surface area contributed by atoms with Crippen molar-refractivity contribution in [3.05, 3.63) is 102 Å². The van der Waals surface area contributed by atoms with Crippen molar-refractivity contribution >= 4 is 5.91 Å². The molecule has 3 aromatic rings. The number of nitrogens with two attached hydrogens (primary N) is 1. The van der Waals surface area contributed by atoms with Crippen molar-refractivity contribution in [3.63, 3.8) is 0 Å². The van der Waals surface area contributed by atoms with Gasteiger partial charge in [0.1, 0.15) is 5.75 Å². The summed E-state index contributed by atoms with van der Waals surface area (Å²) >= 11 is 0. The van der Waals surface area contributed by atoms with Crippen LogP contribution in [0, 0.1) is 0 Å². The molecule has 3 aromatic carbocycles. The molecule has 4 rings (SSSR count). The molecule has 0 aliphatic carbocycles. The normalized spacial score (nSPS) is 15.5. The summed E-state index contributed by atoms with van der Waals surface area (Å²) in [6.45, 7) is 4.74. The first kappa shape index (κ1) is 25.0. The molecule has 5 nitrogen and oxygen atoms in total. The van der Waals surface area contributed by atoms with Crippen LogP contribution in [-0.4, -0.2) is 49.6 Å². The molecule has 0 aromatic heterocycles. The molecule has 0 bridgehead atoms. The first-order valence-electron chi connectivity index (χ1n) is 12.7. The van der Waals surface area contributed by atoms with E-state index in [9.17, 15) is 4.79 Å². The van der Waals surface area contributed by atoms with E-state index in [2.05, 4.69) is 70.9 Å². The van der Waals surface area contributed by atoms with Crippen LogP contribution in [0.2, 0.25) is 0 Å². The fourth-order valence-electron chi connectivity index (χ4n) is 4.94. The number of primary amides is 1. The summed E-state index contributed by atoms with van der Waals surface area (Å²) in [6, 6.07) is 29.9. The SMILES string of the molecule is NC(=O)Cc1cccc(OCCCN(CC2CCCN2)CC(c2ccccc2)c2ccccc2)c1. The minimum absolute atomic E-state index is 0.236. The largest absolute Gasteiger partial charge is 0.494 e. The van der Waals surface area contributed by atoms with Crippen LogP contribution in [0.15, 0.2) is 84.9 Å². The first-order valence-corrected chi connectivity index (χ1v) is 12.7. The van der Waals surface area contributed by atoms with Gasteiger partial charge in [0, 0.05) is 31.6 Å². The maximum Gasteiger partial charge on any atom is 0.221 e. The highest BCUT2D eigenvalue weighted by Gasteiger charge is 2.22. The Balaban J connectivity index is 1.40. The molecule has 1 aliphatic heterocycles. The Bertz CT molecular complexity index is 996. The van der Waals surface area contributed by atoms with Gasteiger partial charge in [0.25, 0.3) is 0 Å². The number of hydrogen-bond donors (Lipinski definition) is 2. The molecule has 1 fully saturated rings. The highest BCUT2D eigenvalue weighted by Crippen LogP contribution is 2.26. The maximum atomic E-state index is 11.2. The molecule has 1 heterocycles. The number of nitrogens with one attached hydrogen (secondary N) is 1. The second-order valence-corrected chi connectivity index (χ2v) is 9.42. The molecule has 0 radical (unpaired) electrons. The zero-order chi connectivity index (χ0) is 24.3. The lowest BCUT2D eigenvalue weighted by molar-refractivity contribution is -0.117. The van der Waals surface area contributed by atoms with Crippen LogP contribution in [0.25, 0.3) is 0 Å². The number of rotatable bonds is 13. The van der Waals surface area contributed by atoms with E-state index in [0.717, 1.165) is 43.9 Å². The average molecular weight is 472 g/mol. The average Bonchev–Trinajstić information content (AvgIpc) is 3.39. The summed E-state index contributed by atoms with van der Waals surface area (Å²) in [5.41, 5.74) is 8.92. The number of nitrogens with zero attached hydrogens (tertiary/aromatic N) is 1. The van der Waals surface area contributed by atoms with Crippen LogP contribution >= 0.6 is 0 Å². The minimum atomic E-state index is -0.329. The Hall–Kier alpha value is -3.15. The molecule has 1 aliphatic rings. The van der Waals surface area contributed by atoms with Gasteiger partial charge in [-0.15, -0.1) is 0 Å². The van der Waals surface area contributed by atoms with E-state index in [4.69, 9.17) is 10.5 Å². The van der Waals surface area contributed by atoms with E-state index in [1.807, 2.05) is 24.3 Å². The summed E-state index contributed by atoms with van der Waals surface area (Å²) in [5.74, 6) is 0.786. The predicted octanol–water partition coefficient (Wildman–Crippen LogP) is 4.37. The van der Waals surface area contributed by atoms with Gasteiger partial charge in [-0.1, -0.05) is 72.8 Å². The number of carbonyl (C=O) groups is 1. The Morgan fingerprint density at radius 3 is 2.34 bits per heavy atom. The maximum absolute atomic E-state index is 11.2. The van der Waals surface area contributed by atoms with Crippen LogP contribution < -0.4 is 15.8 Å². The molecule has 1 unspecified atom stereocenters. The van der Waals surface area contributed by atoms with Gasteiger partial charge in [-0.2, -0.15) is 0 Å². The Kier molecular flexibility index (Phi) is 9.32. The van der Waals surface area contributed by atoms with E-state index < -0.39 is 0 Å². The highest BCUT2D eigenvalue weighted by atomic mass is 16.5. The molecular weight excluding hydrogens is 434 g/mol. The summed E-state index contributed by atoms with van der Waals surface area (Å²) in [7, 11) is 0. The van der Waals surface area contributed by atoms with Crippen molar-refractivity contribution in [2.45, 2.75) is 37.6 Å². The van der Waals surface area contributed by atoms with E-state index in [-0.39, 0.29) is 12.3 Å². The lowest BCUT2D eigenvalue weighted by Gasteiger charge is -2.30. The third-order valence-electron chi connectivity index (χ3n) is 6.65. The summed E-state index contributed by atoms with van der Waals surface area (Å²) in [4.78, 5) is 13.8. The molecular formula is C30H37N3O2. The van der Waals surface area contributed by atoms with Crippen LogP contribution in [0.3, 0.4) is 0 Å². The standard InChI is InChI=1S/C30H37N3O2/c31-30(34)21-24-10-7-16-28(20-24)35-19-9-18-33(22-27-15-8-17-32-27)23-29(25-11-3-1-4-12-25)26-13-5-2-6-14-26/h1-7,10-14,16,20,27,29,32H,8-9,15,17-19,21-23H2,(H2,31,34). The van der Waals surface area contributed by atoms with Crippen molar-refractivity contribution in [2.75, 3.05) is 32.8 Å².